The standard InChI is InChI=1S/C17H28N4O3S.HI/c1-13-7-8-14(16(10-13)24-3)11-19-17(18-2)20-12-15-6-5-9-21(15)25(4,22)23;/h7-8,10,15H,5-6,9,11-12H2,1-4H3,(H2,18,19,20);1H/t15-;/m1./s1. The molecule has 0 radical (unpaired) electrons. The lowest BCUT2D eigenvalue weighted by atomic mass is 10.1. The van der Waals surface area contributed by atoms with Crippen molar-refractivity contribution in [1.29, 1.82) is 0 Å². The Morgan fingerprint density at radius 2 is 2.12 bits per heavy atom. The van der Waals surface area contributed by atoms with Crippen LogP contribution in [0, 0.1) is 6.92 Å². The van der Waals surface area contributed by atoms with Crippen molar-refractivity contribution >= 4 is 40.0 Å². The molecule has 9 heteroatoms. The van der Waals surface area contributed by atoms with Crippen LogP contribution in [0.1, 0.15) is 24.0 Å². The minimum absolute atomic E-state index is 0. The zero-order chi connectivity index (χ0) is 18.4. The molecule has 26 heavy (non-hydrogen) atoms. The van der Waals surface area contributed by atoms with Gasteiger partial charge in [0.2, 0.25) is 10.0 Å². The van der Waals surface area contributed by atoms with Crippen molar-refractivity contribution in [1.82, 2.24) is 14.9 Å². The largest absolute Gasteiger partial charge is 0.496 e. The van der Waals surface area contributed by atoms with Crippen molar-refractivity contribution in [2.24, 2.45) is 4.99 Å². The first-order chi connectivity index (χ1) is 11.8. The number of sulfonamides is 1. The first-order valence-electron chi connectivity index (χ1n) is 8.40. The fourth-order valence-electron chi connectivity index (χ4n) is 3.06. The second kappa shape index (κ2) is 10.3. The second-order valence-corrected chi connectivity index (χ2v) is 8.23. The molecule has 1 aliphatic heterocycles. The zero-order valence-corrected chi connectivity index (χ0v) is 18.9. The third-order valence-corrected chi connectivity index (χ3v) is 5.70. The number of methoxy groups -OCH3 is 1. The lowest BCUT2D eigenvalue weighted by Crippen LogP contribution is -2.46. The molecular formula is C17H29IN4O3S. The van der Waals surface area contributed by atoms with E-state index in [1.807, 2.05) is 25.1 Å². The number of aliphatic imine (C=N–C) groups is 1. The number of hydrogen-bond donors (Lipinski definition) is 2. The van der Waals surface area contributed by atoms with Gasteiger partial charge >= 0.3 is 0 Å². The van der Waals surface area contributed by atoms with Gasteiger partial charge in [-0.3, -0.25) is 4.99 Å². The molecule has 2 N–H and O–H groups in total. The molecule has 1 atom stereocenters. The van der Waals surface area contributed by atoms with Crippen molar-refractivity contribution in [3.05, 3.63) is 29.3 Å². The molecule has 1 saturated heterocycles. The molecule has 1 aromatic rings. The molecule has 1 aliphatic rings. The van der Waals surface area contributed by atoms with Gasteiger partial charge in [-0.1, -0.05) is 12.1 Å². The normalized spacial score (nSPS) is 18.3. The van der Waals surface area contributed by atoms with Crippen LogP contribution in [0.5, 0.6) is 5.75 Å². The Hall–Kier alpha value is -1.07. The van der Waals surface area contributed by atoms with Crippen LogP contribution in [-0.4, -0.2) is 58.2 Å². The Bertz CT molecular complexity index is 725. The van der Waals surface area contributed by atoms with Gasteiger partial charge in [-0.25, -0.2) is 8.42 Å². The summed E-state index contributed by atoms with van der Waals surface area (Å²) in [4.78, 5) is 4.21. The number of halogens is 1. The van der Waals surface area contributed by atoms with Gasteiger partial charge in [0.1, 0.15) is 5.75 Å². The van der Waals surface area contributed by atoms with Crippen LogP contribution in [0.15, 0.2) is 23.2 Å². The molecular weight excluding hydrogens is 467 g/mol. The summed E-state index contributed by atoms with van der Waals surface area (Å²) in [7, 11) is 0.199. The van der Waals surface area contributed by atoms with Crippen LogP contribution in [0.4, 0.5) is 0 Å². The summed E-state index contributed by atoms with van der Waals surface area (Å²) in [6.45, 7) is 3.73. The summed E-state index contributed by atoms with van der Waals surface area (Å²) in [6, 6.07) is 6.03. The number of aryl methyl sites for hydroxylation is 1. The topological polar surface area (TPSA) is 83.0 Å². The molecule has 0 amide bonds. The zero-order valence-electron chi connectivity index (χ0n) is 15.8. The van der Waals surface area contributed by atoms with Crippen LogP contribution >= 0.6 is 24.0 Å². The van der Waals surface area contributed by atoms with Gasteiger partial charge in [0.25, 0.3) is 0 Å². The van der Waals surface area contributed by atoms with Crippen molar-refractivity contribution in [2.75, 3.05) is 33.5 Å². The van der Waals surface area contributed by atoms with Crippen LogP contribution in [0.25, 0.3) is 0 Å². The molecule has 0 aromatic heterocycles. The van der Waals surface area contributed by atoms with Gasteiger partial charge in [-0.2, -0.15) is 4.31 Å². The first-order valence-corrected chi connectivity index (χ1v) is 10.2. The van der Waals surface area contributed by atoms with Gasteiger partial charge in [0, 0.05) is 38.3 Å². The number of hydrogen-bond acceptors (Lipinski definition) is 4. The molecule has 0 spiro atoms. The highest BCUT2D eigenvalue weighted by Gasteiger charge is 2.31. The van der Waals surface area contributed by atoms with Gasteiger partial charge in [0.15, 0.2) is 5.96 Å². The Kier molecular flexibility index (Phi) is 9.11. The van der Waals surface area contributed by atoms with Crippen LogP contribution in [0.3, 0.4) is 0 Å². The molecule has 0 bridgehead atoms. The maximum Gasteiger partial charge on any atom is 0.211 e. The summed E-state index contributed by atoms with van der Waals surface area (Å²) in [5, 5.41) is 6.47. The first kappa shape index (κ1) is 23.0. The molecule has 2 rings (SSSR count). The van der Waals surface area contributed by atoms with E-state index < -0.39 is 10.0 Å². The van der Waals surface area contributed by atoms with E-state index in [0.717, 1.165) is 29.7 Å². The third-order valence-electron chi connectivity index (χ3n) is 4.37. The third kappa shape index (κ3) is 6.27. The predicted molar refractivity (Wildman–Crippen MR) is 116 cm³/mol. The predicted octanol–water partition coefficient (Wildman–Crippen LogP) is 1.71. The smallest absolute Gasteiger partial charge is 0.211 e. The van der Waals surface area contributed by atoms with Gasteiger partial charge in [-0.15, -0.1) is 24.0 Å². The van der Waals surface area contributed by atoms with E-state index in [9.17, 15) is 8.42 Å². The van der Waals surface area contributed by atoms with E-state index in [1.54, 1.807) is 18.5 Å². The van der Waals surface area contributed by atoms with E-state index in [2.05, 4.69) is 15.6 Å². The summed E-state index contributed by atoms with van der Waals surface area (Å²) in [6.07, 6.45) is 3.02. The molecule has 7 nitrogen and oxygen atoms in total. The molecule has 0 unspecified atom stereocenters. The van der Waals surface area contributed by atoms with E-state index in [-0.39, 0.29) is 30.0 Å². The Morgan fingerprint density at radius 1 is 1.38 bits per heavy atom. The van der Waals surface area contributed by atoms with E-state index >= 15 is 0 Å². The number of guanidine groups is 1. The van der Waals surface area contributed by atoms with Crippen LogP contribution in [0.2, 0.25) is 0 Å². The monoisotopic (exact) mass is 496 g/mol. The Balaban J connectivity index is 0.00000338. The van der Waals surface area contributed by atoms with Crippen molar-refractivity contribution in [3.8, 4) is 5.75 Å². The molecule has 1 fully saturated rings. The number of nitrogens with zero attached hydrogens (tertiary/aromatic N) is 2. The van der Waals surface area contributed by atoms with Crippen molar-refractivity contribution in [2.45, 2.75) is 32.4 Å². The SMILES string of the molecule is CN=C(NCc1ccc(C)cc1OC)NC[C@H]1CCCN1S(C)(=O)=O.I. The Labute approximate surface area is 173 Å². The summed E-state index contributed by atoms with van der Waals surface area (Å²) in [5.74, 6) is 1.48. The summed E-state index contributed by atoms with van der Waals surface area (Å²) in [5.41, 5.74) is 2.18. The molecule has 0 saturated carbocycles. The minimum atomic E-state index is -3.16. The molecule has 0 aliphatic carbocycles. The van der Waals surface area contributed by atoms with Crippen molar-refractivity contribution < 1.29 is 13.2 Å². The van der Waals surface area contributed by atoms with Crippen molar-refractivity contribution in [3.63, 3.8) is 0 Å². The van der Waals surface area contributed by atoms with Gasteiger partial charge in [0.05, 0.1) is 13.4 Å². The molecule has 1 heterocycles. The lowest BCUT2D eigenvalue weighted by molar-refractivity contribution is 0.387. The number of ether oxygens (including phenoxy) is 1. The highest BCUT2D eigenvalue weighted by molar-refractivity contribution is 14.0. The number of rotatable bonds is 6. The quantitative estimate of drug-likeness (QED) is 0.356. The van der Waals surface area contributed by atoms with Crippen LogP contribution in [-0.2, 0) is 16.6 Å². The van der Waals surface area contributed by atoms with Crippen LogP contribution < -0.4 is 15.4 Å². The minimum Gasteiger partial charge on any atom is -0.496 e. The molecule has 148 valence electrons. The lowest BCUT2D eigenvalue weighted by Gasteiger charge is -2.23. The number of benzene rings is 1. The maximum atomic E-state index is 11.8. The average Bonchev–Trinajstić information content (AvgIpc) is 3.04. The average molecular weight is 496 g/mol. The van der Waals surface area contributed by atoms with Gasteiger partial charge < -0.3 is 15.4 Å². The van der Waals surface area contributed by atoms with E-state index in [1.165, 1.54) is 6.26 Å². The second-order valence-electron chi connectivity index (χ2n) is 6.29. The summed E-state index contributed by atoms with van der Waals surface area (Å²) >= 11 is 0. The number of nitrogens with one attached hydrogen (secondary N) is 2. The Morgan fingerprint density at radius 3 is 2.73 bits per heavy atom. The summed E-state index contributed by atoms with van der Waals surface area (Å²) < 4.78 is 30.6. The fraction of sp³-hybridized carbons (Fsp3) is 0.588. The highest BCUT2D eigenvalue weighted by Crippen LogP contribution is 2.20. The van der Waals surface area contributed by atoms with E-state index in [4.69, 9.17) is 4.74 Å². The highest BCUT2D eigenvalue weighted by atomic mass is 127. The fourth-order valence-corrected chi connectivity index (χ4v) is 4.24. The maximum absolute atomic E-state index is 11.8. The van der Waals surface area contributed by atoms with Gasteiger partial charge in [-0.05, 0) is 31.4 Å². The van der Waals surface area contributed by atoms with E-state index in [0.29, 0.717) is 25.6 Å². The molecule has 1 aromatic carbocycles.